The largest absolute Gasteiger partial charge is 0.481 e. The summed E-state index contributed by atoms with van der Waals surface area (Å²) in [4.78, 5) is 23.3. The molecule has 0 spiro atoms. The van der Waals surface area contributed by atoms with Crippen LogP contribution in [-0.2, 0) is 9.53 Å². The normalized spacial score (nSPS) is 19.9. The smallest absolute Gasteiger partial charge is 0.410 e. The molecule has 1 N–H and O–H groups in total. The number of hydrogen-bond acceptors (Lipinski definition) is 3. The summed E-state index contributed by atoms with van der Waals surface area (Å²) >= 11 is 0. The molecule has 1 aliphatic rings. The van der Waals surface area contributed by atoms with Crippen molar-refractivity contribution in [3.8, 4) is 0 Å². The number of amides is 1. The van der Waals surface area contributed by atoms with Gasteiger partial charge in [0.25, 0.3) is 0 Å². The van der Waals surface area contributed by atoms with E-state index in [0.29, 0.717) is 13.0 Å². The Hall–Kier alpha value is -1.26. The van der Waals surface area contributed by atoms with Gasteiger partial charge in [0.15, 0.2) is 0 Å². The fourth-order valence-electron chi connectivity index (χ4n) is 1.26. The van der Waals surface area contributed by atoms with E-state index in [1.807, 2.05) is 0 Å². The molecule has 1 atom stereocenters. The van der Waals surface area contributed by atoms with Gasteiger partial charge in [0, 0.05) is 13.0 Å². The van der Waals surface area contributed by atoms with E-state index >= 15 is 0 Å². The zero-order valence-electron chi connectivity index (χ0n) is 9.32. The lowest BCUT2D eigenvalue weighted by Crippen LogP contribution is -2.27. The van der Waals surface area contributed by atoms with E-state index in [2.05, 4.69) is 0 Å². The van der Waals surface area contributed by atoms with Crippen LogP contribution in [0.15, 0.2) is 0 Å². The summed E-state index contributed by atoms with van der Waals surface area (Å²) in [5.74, 6) is -0.828. The second kappa shape index (κ2) is 4.08. The molecule has 0 bridgehead atoms. The van der Waals surface area contributed by atoms with Gasteiger partial charge in [0.1, 0.15) is 5.60 Å². The molecule has 1 rings (SSSR count). The minimum Gasteiger partial charge on any atom is -0.481 e. The van der Waals surface area contributed by atoms with Crippen molar-refractivity contribution in [3.05, 3.63) is 0 Å². The number of carboxylic acid groups (broad SMARTS) is 1. The molecule has 1 amide bonds. The molecule has 0 aromatic rings. The average molecular weight is 215 g/mol. The summed E-state index contributed by atoms with van der Waals surface area (Å²) in [5.41, 5.74) is -0.489. The molecular weight excluding hydrogens is 198 g/mol. The quantitative estimate of drug-likeness (QED) is 0.724. The molecule has 0 aliphatic carbocycles. The highest BCUT2D eigenvalue weighted by Crippen LogP contribution is 2.25. The van der Waals surface area contributed by atoms with Crippen molar-refractivity contribution >= 4 is 12.1 Å². The van der Waals surface area contributed by atoms with Crippen LogP contribution in [0.1, 0.15) is 33.6 Å². The zero-order chi connectivity index (χ0) is 11.6. The number of rotatable bonds is 3. The predicted molar refractivity (Wildman–Crippen MR) is 53.6 cm³/mol. The van der Waals surface area contributed by atoms with Gasteiger partial charge in [-0.3, -0.25) is 4.79 Å². The molecule has 1 aliphatic heterocycles. The summed E-state index contributed by atoms with van der Waals surface area (Å²) in [6.07, 6.45) is 0.260. The third-order valence-electron chi connectivity index (χ3n) is 2.03. The highest BCUT2D eigenvalue weighted by Gasteiger charge is 2.40. The highest BCUT2D eigenvalue weighted by molar-refractivity contribution is 5.72. The summed E-state index contributed by atoms with van der Waals surface area (Å²) in [5, 5.41) is 8.47. The Balaban J connectivity index is 2.25. The molecule has 15 heavy (non-hydrogen) atoms. The van der Waals surface area contributed by atoms with Crippen molar-refractivity contribution < 1.29 is 19.4 Å². The number of carbonyl (C=O) groups excluding carboxylic acids is 1. The first-order chi connectivity index (χ1) is 6.79. The molecule has 0 aromatic heterocycles. The lowest BCUT2D eigenvalue weighted by atomic mass is 10.2. The van der Waals surface area contributed by atoms with E-state index < -0.39 is 11.6 Å². The molecule has 5 nitrogen and oxygen atoms in total. The van der Waals surface area contributed by atoms with Crippen LogP contribution in [0, 0.1) is 0 Å². The van der Waals surface area contributed by atoms with Crippen LogP contribution in [-0.4, -0.2) is 40.3 Å². The Morgan fingerprint density at radius 2 is 2.07 bits per heavy atom. The minimum absolute atomic E-state index is 0.0518. The SMILES string of the molecule is CC(C)(C)OC(=O)N1CC1CCC(=O)O. The molecule has 1 heterocycles. The first kappa shape index (κ1) is 11.8. The molecule has 86 valence electrons. The molecule has 0 aromatic carbocycles. The van der Waals surface area contributed by atoms with Crippen molar-refractivity contribution in [1.82, 2.24) is 4.90 Å². The Bertz CT molecular complexity index is 269. The average Bonchev–Trinajstić information content (AvgIpc) is 2.75. The topological polar surface area (TPSA) is 66.6 Å². The second-order valence-electron chi connectivity index (χ2n) is 4.72. The van der Waals surface area contributed by atoms with Crippen molar-refractivity contribution in [2.45, 2.75) is 45.3 Å². The number of hydrogen-bond donors (Lipinski definition) is 1. The number of carbonyl (C=O) groups is 2. The lowest BCUT2D eigenvalue weighted by molar-refractivity contribution is -0.137. The van der Waals surface area contributed by atoms with Gasteiger partial charge in [0.2, 0.25) is 0 Å². The van der Waals surface area contributed by atoms with Crippen LogP contribution >= 0.6 is 0 Å². The highest BCUT2D eigenvalue weighted by atomic mass is 16.6. The Morgan fingerprint density at radius 3 is 2.53 bits per heavy atom. The van der Waals surface area contributed by atoms with Gasteiger partial charge in [-0.2, -0.15) is 0 Å². The van der Waals surface area contributed by atoms with Crippen LogP contribution in [0.25, 0.3) is 0 Å². The van der Waals surface area contributed by atoms with Crippen LogP contribution in [0.5, 0.6) is 0 Å². The van der Waals surface area contributed by atoms with E-state index in [9.17, 15) is 9.59 Å². The Kier molecular flexibility index (Phi) is 3.21. The van der Waals surface area contributed by atoms with Gasteiger partial charge in [-0.05, 0) is 27.2 Å². The molecule has 1 unspecified atom stereocenters. The van der Waals surface area contributed by atoms with Gasteiger partial charge >= 0.3 is 12.1 Å². The number of carboxylic acids is 1. The van der Waals surface area contributed by atoms with Crippen LogP contribution < -0.4 is 0 Å². The maximum atomic E-state index is 11.4. The molecule has 1 saturated heterocycles. The standard InChI is InChI=1S/C10H17NO4/c1-10(2,3)15-9(14)11-6-7(11)4-5-8(12)13/h7H,4-6H2,1-3H3,(H,12,13). The van der Waals surface area contributed by atoms with Crippen LogP contribution in [0.3, 0.4) is 0 Å². The summed E-state index contributed by atoms with van der Waals surface area (Å²) in [6, 6.07) is 0.0518. The molecule has 0 radical (unpaired) electrons. The predicted octanol–water partition coefficient (Wildman–Crippen LogP) is 1.47. The van der Waals surface area contributed by atoms with E-state index in [0.717, 1.165) is 0 Å². The van der Waals surface area contributed by atoms with Crippen LogP contribution in [0.4, 0.5) is 4.79 Å². The number of nitrogens with zero attached hydrogens (tertiary/aromatic N) is 1. The van der Waals surface area contributed by atoms with Gasteiger partial charge in [-0.15, -0.1) is 0 Å². The summed E-state index contributed by atoms with van der Waals surface area (Å²) in [7, 11) is 0. The van der Waals surface area contributed by atoms with E-state index in [-0.39, 0.29) is 18.6 Å². The molecular formula is C10H17NO4. The first-order valence-electron chi connectivity index (χ1n) is 5.01. The Labute approximate surface area is 89.0 Å². The number of ether oxygens (including phenoxy) is 1. The van der Waals surface area contributed by atoms with Gasteiger partial charge in [-0.25, -0.2) is 4.79 Å². The summed E-state index contributed by atoms with van der Waals surface area (Å²) in [6.45, 7) is 6.03. The van der Waals surface area contributed by atoms with Crippen molar-refractivity contribution in [1.29, 1.82) is 0 Å². The van der Waals surface area contributed by atoms with Crippen molar-refractivity contribution in [2.24, 2.45) is 0 Å². The van der Waals surface area contributed by atoms with Crippen molar-refractivity contribution in [2.75, 3.05) is 6.54 Å². The maximum absolute atomic E-state index is 11.4. The summed E-state index contributed by atoms with van der Waals surface area (Å²) < 4.78 is 5.14. The van der Waals surface area contributed by atoms with Crippen molar-refractivity contribution in [3.63, 3.8) is 0 Å². The van der Waals surface area contributed by atoms with E-state index in [1.54, 1.807) is 25.7 Å². The molecule has 1 fully saturated rings. The van der Waals surface area contributed by atoms with E-state index in [1.165, 1.54) is 0 Å². The maximum Gasteiger partial charge on any atom is 0.410 e. The lowest BCUT2D eigenvalue weighted by Gasteiger charge is -2.19. The Morgan fingerprint density at radius 1 is 1.47 bits per heavy atom. The second-order valence-corrected chi connectivity index (χ2v) is 4.72. The van der Waals surface area contributed by atoms with Gasteiger partial charge < -0.3 is 14.7 Å². The van der Waals surface area contributed by atoms with E-state index in [4.69, 9.17) is 9.84 Å². The zero-order valence-corrected chi connectivity index (χ0v) is 9.32. The van der Waals surface area contributed by atoms with Gasteiger partial charge in [0.05, 0.1) is 6.04 Å². The third-order valence-corrected chi connectivity index (χ3v) is 2.03. The molecule has 5 heteroatoms. The fraction of sp³-hybridized carbons (Fsp3) is 0.800. The number of aliphatic carboxylic acids is 1. The first-order valence-corrected chi connectivity index (χ1v) is 5.01. The minimum atomic E-state index is -0.828. The van der Waals surface area contributed by atoms with Gasteiger partial charge in [-0.1, -0.05) is 0 Å². The van der Waals surface area contributed by atoms with Crippen LogP contribution in [0.2, 0.25) is 0 Å². The monoisotopic (exact) mass is 215 g/mol. The fourth-order valence-corrected chi connectivity index (χ4v) is 1.26. The molecule has 0 saturated carbocycles. The third kappa shape index (κ3) is 4.18.